The van der Waals surface area contributed by atoms with Crippen molar-refractivity contribution in [2.45, 2.75) is 27.7 Å². The molecule has 0 saturated heterocycles. The van der Waals surface area contributed by atoms with Crippen LogP contribution in [-0.2, 0) is 0 Å². The maximum absolute atomic E-state index is 8.93. The van der Waals surface area contributed by atoms with Gasteiger partial charge in [0.1, 0.15) is 17.6 Å². The van der Waals surface area contributed by atoms with E-state index in [1.807, 2.05) is 26.1 Å². The minimum atomic E-state index is 0.216. The Hall–Kier alpha value is -1.56. The van der Waals surface area contributed by atoms with Crippen LogP contribution in [0.5, 0.6) is 0 Å². The molecule has 1 heterocycles. The lowest BCUT2D eigenvalue weighted by Crippen LogP contribution is -2.29. The molecule has 0 fully saturated rings. The summed E-state index contributed by atoms with van der Waals surface area (Å²) in [5.74, 6) is 0.858. The summed E-state index contributed by atoms with van der Waals surface area (Å²) in [6.45, 7) is 9.36. The Balaban J connectivity index is 2.93. The van der Waals surface area contributed by atoms with E-state index in [0.29, 0.717) is 5.69 Å². The van der Waals surface area contributed by atoms with E-state index in [0.717, 1.165) is 17.9 Å². The Morgan fingerprint density at radius 2 is 2.00 bits per heavy atom. The maximum atomic E-state index is 8.93. The van der Waals surface area contributed by atoms with Crippen molar-refractivity contribution in [1.82, 2.24) is 4.98 Å². The topological polar surface area (TPSA) is 39.9 Å². The lowest BCUT2D eigenvalue weighted by Gasteiger charge is -2.27. The van der Waals surface area contributed by atoms with Crippen LogP contribution in [0.1, 0.15) is 32.0 Å². The van der Waals surface area contributed by atoms with E-state index < -0.39 is 0 Å². The Morgan fingerprint density at radius 1 is 1.38 bits per heavy atom. The molecule has 0 aromatic carbocycles. The van der Waals surface area contributed by atoms with Gasteiger partial charge in [-0.15, -0.1) is 0 Å². The second kappa shape index (κ2) is 4.52. The molecule has 0 bridgehead atoms. The summed E-state index contributed by atoms with van der Waals surface area (Å²) in [7, 11) is 2.00. The molecule has 0 amide bonds. The van der Waals surface area contributed by atoms with E-state index in [1.165, 1.54) is 0 Å². The van der Waals surface area contributed by atoms with Crippen LogP contribution in [0.3, 0.4) is 0 Å². The van der Waals surface area contributed by atoms with Crippen molar-refractivity contribution < 1.29 is 0 Å². The highest BCUT2D eigenvalue weighted by Crippen LogP contribution is 2.19. The fourth-order valence-electron chi connectivity index (χ4n) is 1.64. The molecule has 0 radical (unpaired) electrons. The summed E-state index contributed by atoms with van der Waals surface area (Å²) in [5.41, 5.74) is 1.65. The molecule has 0 saturated carbocycles. The Morgan fingerprint density at radius 3 is 2.50 bits per heavy atom. The van der Waals surface area contributed by atoms with Crippen molar-refractivity contribution in [2.24, 2.45) is 5.41 Å². The van der Waals surface area contributed by atoms with Crippen molar-refractivity contribution in [3.63, 3.8) is 0 Å². The van der Waals surface area contributed by atoms with Gasteiger partial charge in [-0.05, 0) is 24.0 Å². The monoisotopic (exact) mass is 217 g/mol. The molecular weight excluding hydrogens is 198 g/mol. The molecule has 0 aliphatic heterocycles. The lowest BCUT2D eigenvalue weighted by atomic mass is 9.96. The quantitative estimate of drug-likeness (QED) is 0.764. The SMILES string of the molecule is Cc1ccc(N(C)CC(C)(C)C)nc1C#N. The van der Waals surface area contributed by atoms with Crippen molar-refractivity contribution in [3.05, 3.63) is 23.4 Å². The van der Waals surface area contributed by atoms with Crippen LogP contribution < -0.4 is 4.90 Å². The lowest BCUT2D eigenvalue weighted by molar-refractivity contribution is 0.418. The Labute approximate surface area is 97.7 Å². The largest absolute Gasteiger partial charge is 0.359 e. The van der Waals surface area contributed by atoms with Gasteiger partial charge in [-0.25, -0.2) is 4.98 Å². The van der Waals surface area contributed by atoms with E-state index in [1.54, 1.807) is 0 Å². The smallest absolute Gasteiger partial charge is 0.145 e. The van der Waals surface area contributed by atoms with Gasteiger partial charge in [0, 0.05) is 13.6 Å². The number of aryl methyl sites for hydroxylation is 1. The molecule has 1 aromatic heterocycles. The predicted octanol–water partition coefficient (Wildman–Crippen LogP) is 2.74. The molecule has 86 valence electrons. The third-order valence-corrected chi connectivity index (χ3v) is 2.29. The average molecular weight is 217 g/mol. The molecule has 16 heavy (non-hydrogen) atoms. The average Bonchev–Trinajstić information content (AvgIpc) is 2.15. The Kier molecular flexibility index (Phi) is 3.54. The fraction of sp³-hybridized carbons (Fsp3) is 0.538. The summed E-state index contributed by atoms with van der Waals surface area (Å²) in [6.07, 6.45) is 0. The number of hydrogen-bond acceptors (Lipinski definition) is 3. The third-order valence-electron chi connectivity index (χ3n) is 2.29. The number of hydrogen-bond donors (Lipinski definition) is 0. The van der Waals surface area contributed by atoms with E-state index in [-0.39, 0.29) is 5.41 Å². The highest BCUT2D eigenvalue weighted by Gasteiger charge is 2.15. The first kappa shape index (κ1) is 12.5. The molecular formula is C13H19N3. The van der Waals surface area contributed by atoms with E-state index in [2.05, 4.69) is 36.7 Å². The van der Waals surface area contributed by atoms with E-state index in [4.69, 9.17) is 5.26 Å². The van der Waals surface area contributed by atoms with Crippen LogP contribution in [-0.4, -0.2) is 18.6 Å². The second-order valence-corrected chi connectivity index (χ2v) is 5.36. The molecule has 0 aliphatic rings. The molecule has 0 aliphatic carbocycles. The summed E-state index contributed by atoms with van der Waals surface area (Å²) in [6, 6.07) is 6.02. The minimum Gasteiger partial charge on any atom is -0.359 e. The zero-order valence-corrected chi connectivity index (χ0v) is 10.7. The number of rotatable bonds is 2. The minimum absolute atomic E-state index is 0.216. The summed E-state index contributed by atoms with van der Waals surface area (Å²) < 4.78 is 0. The second-order valence-electron chi connectivity index (χ2n) is 5.36. The summed E-state index contributed by atoms with van der Waals surface area (Å²) in [5, 5.41) is 8.93. The first-order valence-corrected chi connectivity index (χ1v) is 5.42. The number of aromatic nitrogens is 1. The first-order chi connectivity index (χ1) is 7.33. The van der Waals surface area contributed by atoms with Crippen LogP contribution in [0, 0.1) is 23.7 Å². The molecule has 3 heteroatoms. The van der Waals surface area contributed by atoms with E-state index in [9.17, 15) is 0 Å². The predicted molar refractivity (Wildman–Crippen MR) is 66.4 cm³/mol. The van der Waals surface area contributed by atoms with Crippen LogP contribution >= 0.6 is 0 Å². The number of pyridine rings is 1. The van der Waals surface area contributed by atoms with Crippen LogP contribution in [0.25, 0.3) is 0 Å². The standard InChI is InChI=1S/C13H19N3/c1-10-6-7-12(15-11(10)8-14)16(5)9-13(2,3)4/h6-7H,9H2,1-5H3. The van der Waals surface area contributed by atoms with Crippen LogP contribution in [0.4, 0.5) is 5.82 Å². The fourth-order valence-corrected chi connectivity index (χ4v) is 1.64. The van der Waals surface area contributed by atoms with Gasteiger partial charge in [-0.2, -0.15) is 5.26 Å². The molecule has 0 atom stereocenters. The first-order valence-electron chi connectivity index (χ1n) is 5.42. The van der Waals surface area contributed by atoms with Crippen molar-refractivity contribution in [1.29, 1.82) is 5.26 Å². The van der Waals surface area contributed by atoms with Gasteiger partial charge < -0.3 is 4.90 Å². The third kappa shape index (κ3) is 3.23. The van der Waals surface area contributed by atoms with Gasteiger partial charge in [-0.1, -0.05) is 26.8 Å². The molecule has 1 rings (SSSR count). The number of nitriles is 1. The molecule has 3 nitrogen and oxygen atoms in total. The van der Waals surface area contributed by atoms with Crippen molar-refractivity contribution >= 4 is 5.82 Å². The van der Waals surface area contributed by atoms with Gasteiger partial charge in [0.25, 0.3) is 0 Å². The van der Waals surface area contributed by atoms with Crippen molar-refractivity contribution in [3.8, 4) is 6.07 Å². The van der Waals surface area contributed by atoms with Gasteiger partial charge in [0.15, 0.2) is 0 Å². The zero-order chi connectivity index (χ0) is 12.3. The highest BCUT2D eigenvalue weighted by molar-refractivity contribution is 5.44. The number of nitrogens with zero attached hydrogens (tertiary/aromatic N) is 3. The van der Waals surface area contributed by atoms with Gasteiger partial charge in [-0.3, -0.25) is 0 Å². The Bertz CT molecular complexity index is 410. The molecule has 0 unspecified atom stereocenters. The van der Waals surface area contributed by atoms with Crippen LogP contribution in [0.2, 0.25) is 0 Å². The number of anilines is 1. The van der Waals surface area contributed by atoms with Crippen molar-refractivity contribution in [2.75, 3.05) is 18.5 Å². The molecule has 0 spiro atoms. The molecule has 1 aromatic rings. The normalized spacial score (nSPS) is 11.0. The molecule has 0 N–H and O–H groups in total. The maximum Gasteiger partial charge on any atom is 0.145 e. The van der Waals surface area contributed by atoms with Crippen LogP contribution in [0.15, 0.2) is 12.1 Å². The summed E-state index contributed by atoms with van der Waals surface area (Å²) >= 11 is 0. The highest BCUT2D eigenvalue weighted by atomic mass is 15.2. The van der Waals surface area contributed by atoms with E-state index >= 15 is 0 Å². The van der Waals surface area contributed by atoms with Gasteiger partial charge in [0.2, 0.25) is 0 Å². The van der Waals surface area contributed by atoms with Gasteiger partial charge in [0.05, 0.1) is 0 Å². The van der Waals surface area contributed by atoms with Gasteiger partial charge >= 0.3 is 0 Å². The zero-order valence-electron chi connectivity index (χ0n) is 10.7. The summed E-state index contributed by atoms with van der Waals surface area (Å²) in [4.78, 5) is 6.42.